The molecule has 2 aromatic rings. The van der Waals surface area contributed by atoms with Gasteiger partial charge in [-0.25, -0.2) is 9.78 Å². The van der Waals surface area contributed by atoms with Crippen LogP contribution < -0.4 is 5.63 Å². The van der Waals surface area contributed by atoms with Crippen molar-refractivity contribution in [3.8, 4) is 0 Å². The van der Waals surface area contributed by atoms with Gasteiger partial charge >= 0.3 is 5.63 Å². The molecule has 4 saturated carbocycles. The second-order valence-corrected chi connectivity index (χ2v) is 13.2. The summed E-state index contributed by atoms with van der Waals surface area (Å²) in [5, 5.41) is 12.5. The summed E-state index contributed by atoms with van der Waals surface area (Å²) >= 11 is 6.11. The molecule has 4 nitrogen and oxygen atoms in total. The smallest absolute Gasteiger partial charge is 0.346 e. The molecule has 4 fully saturated rings. The molecule has 6 rings (SSSR count). The maximum atomic E-state index is 12.4. The number of aromatic nitrogens is 1. The van der Waals surface area contributed by atoms with Crippen molar-refractivity contribution in [2.45, 2.75) is 97.0 Å². The average molecular weight is 498 g/mol. The molecule has 4 aliphatic rings. The minimum atomic E-state index is -0.325. The van der Waals surface area contributed by atoms with E-state index < -0.39 is 0 Å². The van der Waals surface area contributed by atoms with Crippen LogP contribution in [0.5, 0.6) is 0 Å². The number of halogens is 1. The van der Waals surface area contributed by atoms with Crippen molar-refractivity contribution >= 4 is 22.5 Å². The lowest BCUT2D eigenvalue weighted by atomic mass is 9.44. The molecule has 0 saturated heterocycles. The Morgan fingerprint density at radius 2 is 1.91 bits per heavy atom. The van der Waals surface area contributed by atoms with Crippen molar-refractivity contribution in [2.24, 2.45) is 40.4 Å². The molecule has 1 aromatic heterocycles. The maximum absolute atomic E-state index is 12.4. The van der Waals surface area contributed by atoms with E-state index in [9.17, 15) is 9.90 Å². The van der Waals surface area contributed by atoms with E-state index in [2.05, 4.69) is 18.8 Å². The average Bonchev–Trinajstić information content (AvgIpc) is 3.15. The molecule has 35 heavy (non-hydrogen) atoms. The summed E-state index contributed by atoms with van der Waals surface area (Å²) in [6, 6.07) is 5.13. The SMILES string of the molecule is CC12CCC3C(C(O)CC4CCCCC43C)C1CCC2CCCc1nc2cc(Cl)ccc2c(=O)o1. The first-order valence-corrected chi connectivity index (χ1v) is 14.4. The van der Waals surface area contributed by atoms with E-state index in [0.717, 1.165) is 25.2 Å². The van der Waals surface area contributed by atoms with Crippen LogP contribution in [0.2, 0.25) is 5.02 Å². The van der Waals surface area contributed by atoms with Crippen molar-refractivity contribution in [1.82, 2.24) is 4.98 Å². The molecule has 1 heterocycles. The van der Waals surface area contributed by atoms with Gasteiger partial charge in [0.2, 0.25) is 0 Å². The van der Waals surface area contributed by atoms with Crippen molar-refractivity contribution in [2.75, 3.05) is 0 Å². The molecule has 190 valence electrons. The number of fused-ring (bicyclic) bond motifs is 6. The zero-order chi connectivity index (χ0) is 24.4. The van der Waals surface area contributed by atoms with Crippen LogP contribution in [0, 0.1) is 40.4 Å². The third-order valence-electron chi connectivity index (χ3n) is 11.4. The number of hydrogen-bond donors (Lipinski definition) is 1. The minimum Gasteiger partial charge on any atom is -0.408 e. The quantitative estimate of drug-likeness (QED) is 0.485. The van der Waals surface area contributed by atoms with Crippen molar-refractivity contribution in [1.29, 1.82) is 0 Å². The fourth-order valence-electron chi connectivity index (χ4n) is 9.53. The van der Waals surface area contributed by atoms with Gasteiger partial charge in [0.1, 0.15) is 0 Å². The van der Waals surface area contributed by atoms with Crippen LogP contribution in [0.4, 0.5) is 0 Å². The summed E-state index contributed by atoms with van der Waals surface area (Å²) in [5.74, 6) is 3.78. The highest BCUT2D eigenvalue weighted by Crippen LogP contribution is 2.67. The van der Waals surface area contributed by atoms with Crippen LogP contribution in [0.25, 0.3) is 10.9 Å². The van der Waals surface area contributed by atoms with Crippen molar-refractivity contribution < 1.29 is 9.52 Å². The van der Waals surface area contributed by atoms with E-state index in [0.29, 0.717) is 62.7 Å². The van der Waals surface area contributed by atoms with Gasteiger partial charge in [-0.2, -0.15) is 0 Å². The lowest BCUT2D eigenvalue weighted by molar-refractivity contribution is -0.162. The number of hydrogen-bond acceptors (Lipinski definition) is 4. The van der Waals surface area contributed by atoms with Crippen molar-refractivity contribution in [3.63, 3.8) is 0 Å². The Labute approximate surface area is 213 Å². The van der Waals surface area contributed by atoms with Gasteiger partial charge in [-0.05, 0) is 116 Å². The Morgan fingerprint density at radius 1 is 1.09 bits per heavy atom. The standard InChI is InChI=1S/C30H40ClNO3/c1-29-14-4-3-6-19(29)16-25(33)27-22-12-9-18(30(22,2)15-13-23(27)29)7-5-8-26-32-24-17-20(31)10-11-21(24)28(34)35-26/h10-11,17-19,22-23,25,27,33H,3-9,12-16H2,1-2H3. The van der Waals surface area contributed by atoms with Crippen LogP contribution in [-0.2, 0) is 6.42 Å². The molecule has 5 heteroatoms. The van der Waals surface area contributed by atoms with Gasteiger partial charge in [0, 0.05) is 11.4 Å². The molecule has 0 bridgehead atoms. The Kier molecular flexibility index (Phi) is 6.08. The first-order valence-electron chi connectivity index (χ1n) is 14.1. The van der Waals surface area contributed by atoms with Gasteiger partial charge in [0.25, 0.3) is 0 Å². The number of rotatable bonds is 4. The molecule has 8 atom stereocenters. The molecule has 4 aliphatic carbocycles. The number of aliphatic hydroxyl groups excluding tert-OH is 1. The van der Waals surface area contributed by atoms with Crippen LogP contribution in [0.3, 0.4) is 0 Å². The van der Waals surface area contributed by atoms with E-state index in [1.807, 2.05) is 0 Å². The number of aryl methyl sites for hydroxylation is 1. The maximum Gasteiger partial charge on any atom is 0.346 e. The first-order chi connectivity index (χ1) is 16.8. The predicted molar refractivity (Wildman–Crippen MR) is 139 cm³/mol. The Bertz CT molecular complexity index is 1160. The number of aliphatic hydroxyl groups is 1. The normalized spacial score (nSPS) is 40.8. The second kappa shape index (κ2) is 8.87. The van der Waals surface area contributed by atoms with Crippen LogP contribution in [-0.4, -0.2) is 16.2 Å². The van der Waals surface area contributed by atoms with E-state index in [1.54, 1.807) is 18.2 Å². The molecule has 0 amide bonds. The van der Waals surface area contributed by atoms with E-state index in [-0.39, 0.29) is 11.7 Å². The van der Waals surface area contributed by atoms with Crippen LogP contribution in [0.15, 0.2) is 27.4 Å². The summed E-state index contributed by atoms with van der Waals surface area (Å²) in [6.45, 7) is 5.11. The fourth-order valence-corrected chi connectivity index (χ4v) is 9.70. The monoisotopic (exact) mass is 497 g/mol. The summed E-state index contributed by atoms with van der Waals surface area (Å²) in [5.41, 5.74) is 1.07. The third kappa shape index (κ3) is 3.89. The van der Waals surface area contributed by atoms with Gasteiger partial charge in [-0.1, -0.05) is 38.3 Å². The van der Waals surface area contributed by atoms with E-state index in [4.69, 9.17) is 16.0 Å². The Morgan fingerprint density at radius 3 is 2.77 bits per heavy atom. The molecule has 0 aliphatic heterocycles. The highest BCUT2D eigenvalue weighted by atomic mass is 35.5. The van der Waals surface area contributed by atoms with Gasteiger partial charge in [-0.3, -0.25) is 0 Å². The van der Waals surface area contributed by atoms with Gasteiger partial charge < -0.3 is 9.52 Å². The molecular formula is C30H40ClNO3. The Balaban J connectivity index is 1.15. The highest BCUT2D eigenvalue weighted by molar-refractivity contribution is 6.31. The summed E-state index contributed by atoms with van der Waals surface area (Å²) < 4.78 is 5.53. The molecule has 0 spiro atoms. The number of nitrogens with zero attached hydrogens (tertiary/aromatic N) is 1. The summed E-state index contributed by atoms with van der Waals surface area (Å²) in [6.07, 6.45) is 14.3. The third-order valence-corrected chi connectivity index (χ3v) is 11.6. The molecule has 1 N–H and O–H groups in total. The lowest BCUT2D eigenvalue weighted by Gasteiger charge is -2.62. The summed E-state index contributed by atoms with van der Waals surface area (Å²) in [4.78, 5) is 17.0. The van der Waals surface area contributed by atoms with Gasteiger partial charge in [0.15, 0.2) is 5.89 Å². The van der Waals surface area contributed by atoms with E-state index in [1.165, 1.54) is 51.4 Å². The van der Waals surface area contributed by atoms with Crippen LogP contribution >= 0.6 is 11.6 Å². The first kappa shape index (κ1) is 24.0. The predicted octanol–water partition coefficient (Wildman–Crippen LogP) is 7.18. The molecular weight excluding hydrogens is 458 g/mol. The molecule has 0 radical (unpaired) electrons. The van der Waals surface area contributed by atoms with Gasteiger partial charge in [-0.15, -0.1) is 0 Å². The van der Waals surface area contributed by atoms with Crippen LogP contribution in [0.1, 0.15) is 90.4 Å². The van der Waals surface area contributed by atoms with Crippen molar-refractivity contribution in [3.05, 3.63) is 39.5 Å². The topological polar surface area (TPSA) is 63.3 Å². The summed E-state index contributed by atoms with van der Waals surface area (Å²) in [7, 11) is 0. The zero-order valence-electron chi connectivity index (χ0n) is 21.3. The number of benzene rings is 1. The molecule has 1 aromatic carbocycles. The minimum absolute atomic E-state index is 0.109. The lowest BCUT2D eigenvalue weighted by Crippen LogP contribution is -2.57. The Hall–Kier alpha value is -1.39. The van der Waals surface area contributed by atoms with Gasteiger partial charge in [0.05, 0.1) is 17.0 Å². The largest absolute Gasteiger partial charge is 0.408 e. The second-order valence-electron chi connectivity index (χ2n) is 12.8. The zero-order valence-corrected chi connectivity index (χ0v) is 22.0. The molecule has 8 unspecified atom stereocenters. The highest BCUT2D eigenvalue weighted by Gasteiger charge is 2.61. The fraction of sp³-hybridized carbons (Fsp3) is 0.733. The van der Waals surface area contributed by atoms with E-state index >= 15 is 0 Å².